The van der Waals surface area contributed by atoms with Crippen molar-refractivity contribution in [2.45, 2.75) is 105 Å². The Kier molecular flexibility index (Phi) is 19.4. The summed E-state index contributed by atoms with van der Waals surface area (Å²) in [5.74, 6) is 0. The van der Waals surface area contributed by atoms with Gasteiger partial charge in [0.15, 0.2) is 0 Å². The number of hydrogen-bond acceptors (Lipinski definition) is 0. The SMILES string of the molecule is Cc1ccc(-c2cccc3[cH-]c(CC4(C)CCCCC4)cc23)cc1.Cc1ccc(-c2cccc3[cH-]c(CC4(C)CCCCC4)cc23)cc1.Cl.Cl.[CH3-].[CH3-].[Si]=[Zr]. The Morgan fingerprint density at radius 1 is 0.519 bits per heavy atom. The molecule has 0 aliphatic heterocycles. The maximum absolute atomic E-state index is 3.06. The molecule has 0 amide bonds. The summed E-state index contributed by atoms with van der Waals surface area (Å²) < 4.78 is 0. The van der Waals surface area contributed by atoms with E-state index < -0.39 is 0 Å². The van der Waals surface area contributed by atoms with Crippen LogP contribution >= 0.6 is 24.8 Å². The van der Waals surface area contributed by atoms with Crippen molar-refractivity contribution in [1.82, 2.24) is 0 Å². The topological polar surface area (TPSA) is 0 Å². The summed E-state index contributed by atoms with van der Waals surface area (Å²) in [7, 11) is 0. The zero-order valence-corrected chi connectivity index (χ0v) is 38.8. The Labute approximate surface area is 358 Å². The van der Waals surface area contributed by atoms with Gasteiger partial charge in [0.05, 0.1) is 0 Å². The molecule has 2 saturated carbocycles. The van der Waals surface area contributed by atoms with Gasteiger partial charge in [-0.2, -0.15) is 12.1 Å². The fourth-order valence-corrected chi connectivity index (χ4v) is 8.92. The number of hydrogen-bond donors (Lipinski definition) is 0. The van der Waals surface area contributed by atoms with E-state index >= 15 is 0 Å². The first-order chi connectivity index (χ1) is 24.3. The Bertz CT molecular complexity index is 1840. The van der Waals surface area contributed by atoms with Crippen molar-refractivity contribution in [3.8, 4) is 22.3 Å². The minimum absolute atomic E-state index is 0. The Morgan fingerprint density at radius 2 is 0.852 bits per heavy atom. The number of fused-ring (bicyclic) bond motifs is 2. The van der Waals surface area contributed by atoms with Gasteiger partial charge in [0.1, 0.15) is 0 Å². The van der Waals surface area contributed by atoms with E-state index in [4.69, 9.17) is 0 Å². The number of aryl methyl sites for hydroxylation is 2. The first-order valence-corrected chi connectivity index (χ1v) is 23.2. The molecule has 0 saturated heterocycles. The van der Waals surface area contributed by atoms with Crippen LogP contribution in [0.5, 0.6) is 0 Å². The third-order valence-corrected chi connectivity index (χ3v) is 11.7. The monoisotopic (exact) mass is 850 g/mol. The zero-order valence-electron chi connectivity index (χ0n) is 33.7. The molecule has 6 aromatic rings. The molecule has 288 valence electrons. The summed E-state index contributed by atoms with van der Waals surface area (Å²) in [6.07, 6.45) is 16.5. The zero-order chi connectivity index (χ0) is 35.1. The number of rotatable bonds is 6. The van der Waals surface area contributed by atoms with Crippen LogP contribution in [0, 0.1) is 39.5 Å². The molecule has 0 atom stereocenters. The summed E-state index contributed by atoms with van der Waals surface area (Å²) in [5.41, 5.74) is 12.1. The van der Waals surface area contributed by atoms with Crippen LogP contribution in [-0.2, 0) is 36.2 Å². The van der Waals surface area contributed by atoms with E-state index in [-0.39, 0.29) is 39.7 Å². The standard InChI is InChI=1S/2C24H27.2CH3.2ClH.Si.Zr/c2*1-18-9-11-20(12-10-18)22-8-6-7-21-15-19(16-23(21)22)17-24(2)13-4-3-5-14-24;;;;;;/h2*6-12,15-16H,3-5,13-14,17H2,1-2H3;2*1H3;2*1H;;/q4*-1;;;;. The number of halogens is 2. The molecule has 2 aliphatic carbocycles. The van der Waals surface area contributed by atoms with Gasteiger partial charge in [-0.15, -0.1) is 93.9 Å². The summed E-state index contributed by atoms with van der Waals surface area (Å²) in [6, 6.07) is 41.0. The van der Waals surface area contributed by atoms with Crippen molar-refractivity contribution in [2.24, 2.45) is 10.8 Å². The first-order valence-electron chi connectivity index (χ1n) is 19.0. The van der Waals surface area contributed by atoms with E-state index in [0.717, 1.165) is 0 Å². The van der Waals surface area contributed by atoms with Crippen LogP contribution in [0.25, 0.3) is 43.8 Å². The molecule has 0 bridgehead atoms. The molecule has 8 rings (SSSR count). The summed E-state index contributed by atoms with van der Waals surface area (Å²) >= 11 is 1.36. The van der Waals surface area contributed by atoms with E-state index in [1.165, 1.54) is 166 Å². The molecule has 0 N–H and O–H groups in total. The molecular weight excluding hydrogens is 791 g/mol. The van der Waals surface area contributed by atoms with E-state index in [1.807, 2.05) is 0 Å². The van der Waals surface area contributed by atoms with Gasteiger partial charge in [0.25, 0.3) is 0 Å². The van der Waals surface area contributed by atoms with E-state index in [1.54, 1.807) is 0 Å². The molecule has 6 aromatic carbocycles. The Morgan fingerprint density at radius 3 is 1.19 bits per heavy atom. The van der Waals surface area contributed by atoms with Crippen LogP contribution in [0.4, 0.5) is 0 Å². The molecule has 0 unspecified atom stereocenters. The van der Waals surface area contributed by atoms with Crippen LogP contribution < -0.4 is 0 Å². The molecule has 4 heteroatoms. The van der Waals surface area contributed by atoms with Crippen molar-refractivity contribution in [1.29, 1.82) is 0 Å². The van der Waals surface area contributed by atoms with Crippen LogP contribution in [0.1, 0.15) is 100 Å². The summed E-state index contributed by atoms with van der Waals surface area (Å²) in [4.78, 5) is 0. The van der Waals surface area contributed by atoms with Gasteiger partial charge in [-0.25, -0.2) is 0 Å². The second-order valence-electron chi connectivity index (χ2n) is 16.2. The van der Waals surface area contributed by atoms with Gasteiger partial charge in [-0.05, 0) is 74.3 Å². The normalized spacial score (nSPS) is 15.4. The average Bonchev–Trinajstić information content (AvgIpc) is 3.73. The predicted octanol–water partition coefficient (Wildman–Crippen LogP) is 15.5. The summed E-state index contributed by atoms with van der Waals surface area (Å²) in [5, 5.41) is 5.61. The number of benzene rings is 4. The van der Waals surface area contributed by atoms with Gasteiger partial charge in [0, 0.05) is 0 Å². The van der Waals surface area contributed by atoms with Crippen LogP contribution in [0.2, 0.25) is 0 Å². The molecule has 0 nitrogen and oxygen atoms in total. The van der Waals surface area contributed by atoms with Gasteiger partial charge in [-0.3, -0.25) is 0 Å². The minimum atomic E-state index is 0. The maximum atomic E-state index is 3.06. The quantitative estimate of drug-likeness (QED) is 0.116. The van der Waals surface area contributed by atoms with E-state index in [9.17, 15) is 0 Å². The predicted molar refractivity (Wildman–Crippen MR) is 242 cm³/mol. The van der Waals surface area contributed by atoms with E-state index in [0.29, 0.717) is 10.8 Å². The summed E-state index contributed by atoms with van der Waals surface area (Å²) in [6.45, 7) is 12.3. The van der Waals surface area contributed by atoms with Crippen molar-refractivity contribution < 1.29 is 23.3 Å². The fourth-order valence-electron chi connectivity index (χ4n) is 8.92. The molecule has 54 heavy (non-hydrogen) atoms. The van der Waals surface area contributed by atoms with Crippen LogP contribution in [0.3, 0.4) is 0 Å². The molecule has 0 heterocycles. The third-order valence-electron chi connectivity index (χ3n) is 11.7. The molecular formula is C50H62Cl2SiZr-4. The second kappa shape index (κ2) is 21.9. The van der Waals surface area contributed by atoms with Crippen molar-refractivity contribution in [3.63, 3.8) is 0 Å². The molecule has 2 aliphatic rings. The third kappa shape index (κ3) is 11.9. The fraction of sp³-hybridized carbons (Fsp3) is 0.360. The van der Waals surface area contributed by atoms with Gasteiger partial charge in [0.2, 0.25) is 0 Å². The first kappa shape index (κ1) is 47.9. The molecule has 0 aromatic heterocycles. The van der Waals surface area contributed by atoms with E-state index in [2.05, 4.69) is 144 Å². The van der Waals surface area contributed by atoms with Gasteiger partial charge < -0.3 is 14.9 Å². The molecule has 2 radical (unpaired) electrons. The Balaban J connectivity index is 0.000000334. The average molecular weight is 853 g/mol. The van der Waals surface area contributed by atoms with Crippen molar-refractivity contribution in [3.05, 3.63) is 146 Å². The van der Waals surface area contributed by atoms with Gasteiger partial charge in [-0.1, -0.05) is 135 Å². The second-order valence-corrected chi connectivity index (χ2v) is 16.2. The Hall–Kier alpha value is -2.22. The van der Waals surface area contributed by atoms with Gasteiger partial charge >= 0.3 is 30.2 Å². The van der Waals surface area contributed by atoms with Crippen molar-refractivity contribution >= 4 is 53.2 Å². The molecule has 2 fully saturated rings. The van der Waals surface area contributed by atoms with Crippen LogP contribution in [-0.4, -0.2) is 6.88 Å². The van der Waals surface area contributed by atoms with Crippen molar-refractivity contribution in [2.75, 3.05) is 0 Å². The van der Waals surface area contributed by atoms with Crippen LogP contribution in [0.15, 0.2) is 109 Å². The molecule has 0 spiro atoms.